The predicted octanol–water partition coefficient (Wildman–Crippen LogP) is 4.15. The molecule has 4 heterocycles. The van der Waals surface area contributed by atoms with E-state index in [9.17, 15) is 9.59 Å². The molecule has 0 aliphatic rings. The molecule has 4 aromatic rings. The molecule has 0 atom stereocenters. The van der Waals surface area contributed by atoms with Crippen LogP contribution >= 0.6 is 11.3 Å². The average molecular weight is 425 g/mol. The van der Waals surface area contributed by atoms with Gasteiger partial charge in [-0.2, -0.15) is 0 Å². The number of H-pyrrole nitrogens is 1. The third-order valence-electron chi connectivity index (χ3n) is 4.58. The van der Waals surface area contributed by atoms with E-state index in [0.29, 0.717) is 38.9 Å². The van der Waals surface area contributed by atoms with Gasteiger partial charge in [-0.25, -0.2) is 14.8 Å². The van der Waals surface area contributed by atoms with Crippen molar-refractivity contribution in [1.82, 2.24) is 20.1 Å². The van der Waals surface area contributed by atoms with Crippen molar-refractivity contribution >= 4 is 39.4 Å². The number of aromatic nitrogens is 4. The number of carbonyl (C=O) groups excluding carboxylic acids is 2. The molecule has 10 heteroatoms. The van der Waals surface area contributed by atoms with Gasteiger partial charge in [-0.3, -0.25) is 10.1 Å². The second kappa shape index (κ2) is 7.71. The van der Waals surface area contributed by atoms with E-state index in [1.54, 1.807) is 30.6 Å². The molecule has 0 unspecified atom stereocenters. The number of ether oxygens (including phenoxy) is 1. The summed E-state index contributed by atoms with van der Waals surface area (Å²) in [4.78, 5) is 36.4. The number of carbonyl (C=O) groups is 2. The molecule has 0 saturated heterocycles. The highest BCUT2D eigenvalue weighted by molar-refractivity contribution is 7.14. The van der Waals surface area contributed by atoms with Gasteiger partial charge in [0, 0.05) is 22.8 Å². The Balaban J connectivity index is 1.62. The maximum absolute atomic E-state index is 13.0. The number of anilines is 1. The SMILES string of the molecule is COC(=O)c1cc(-c2csc(NC(=O)c3cc(C(C)C)nc4onc(C)c34)n2)c[nH]1. The molecule has 9 nitrogen and oxygen atoms in total. The van der Waals surface area contributed by atoms with Gasteiger partial charge in [-0.15, -0.1) is 11.3 Å². The van der Waals surface area contributed by atoms with Crippen molar-refractivity contribution in [1.29, 1.82) is 0 Å². The lowest BCUT2D eigenvalue weighted by atomic mass is 10.0. The van der Waals surface area contributed by atoms with Crippen LogP contribution in [0.15, 0.2) is 28.2 Å². The van der Waals surface area contributed by atoms with Crippen LogP contribution in [0.3, 0.4) is 0 Å². The number of amides is 1. The first-order valence-corrected chi connectivity index (χ1v) is 10.1. The highest BCUT2D eigenvalue weighted by Gasteiger charge is 2.21. The number of esters is 1. The number of pyridine rings is 1. The van der Waals surface area contributed by atoms with E-state index in [2.05, 4.69) is 25.4 Å². The van der Waals surface area contributed by atoms with Crippen molar-refractivity contribution in [2.24, 2.45) is 0 Å². The van der Waals surface area contributed by atoms with Crippen LogP contribution in [0.25, 0.3) is 22.4 Å². The Labute approximate surface area is 175 Å². The quantitative estimate of drug-likeness (QED) is 0.461. The van der Waals surface area contributed by atoms with Crippen LogP contribution in [0.5, 0.6) is 0 Å². The van der Waals surface area contributed by atoms with Crippen LogP contribution in [-0.4, -0.2) is 39.1 Å². The normalized spacial score (nSPS) is 11.2. The van der Waals surface area contributed by atoms with Gasteiger partial charge in [0.25, 0.3) is 11.6 Å². The fraction of sp³-hybridized carbons (Fsp3) is 0.250. The molecule has 4 rings (SSSR count). The third kappa shape index (κ3) is 3.57. The predicted molar refractivity (Wildman–Crippen MR) is 112 cm³/mol. The zero-order valence-electron chi connectivity index (χ0n) is 16.8. The Kier molecular flexibility index (Phi) is 5.08. The van der Waals surface area contributed by atoms with E-state index < -0.39 is 5.97 Å². The topological polar surface area (TPSA) is 123 Å². The second-order valence-corrected chi connectivity index (χ2v) is 7.84. The molecule has 2 N–H and O–H groups in total. The first kappa shape index (κ1) is 19.8. The van der Waals surface area contributed by atoms with Crippen LogP contribution in [0, 0.1) is 6.92 Å². The lowest BCUT2D eigenvalue weighted by molar-refractivity contribution is 0.0594. The molecule has 0 bridgehead atoms. The fourth-order valence-electron chi connectivity index (χ4n) is 2.99. The van der Waals surface area contributed by atoms with Crippen molar-refractivity contribution in [3.8, 4) is 11.3 Å². The minimum absolute atomic E-state index is 0.121. The van der Waals surface area contributed by atoms with Gasteiger partial charge >= 0.3 is 5.97 Å². The number of methoxy groups -OCH3 is 1. The lowest BCUT2D eigenvalue weighted by Crippen LogP contribution is -2.13. The molecule has 0 aliphatic heterocycles. The van der Waals surface area contributed by atoms with Gasteiger partial charge in [0.2, 0.25) is 0 Å². The molecule has 0 fully saturated rings. The summed E-state index contributed by atoms with van der Waals surface area (Å²) in [5.41, 5.74) is 3.79. The van der Waals surface area contributed by atoms with Crippen molar-refractivity contribution in [3.05, 3.63) is 46.4 Å². The average Bonchev–Trinajstić information content (AvgIpc) is 3.46. The molecular weight excluding hydrogens is 406 g/mol. The number of fused-ring (bicyclic) bond motifs is 1. The van der Waals surface area contributed by atoms with E-state index in [1.807, 2.05) is 13.8 Å². The highest BCUT2D eigenvalue weighted by Crippen LogP contribution is 2.28. The molecule has 30 heavy (non-hydrogen) atoms. The second-order valence-electron chi connectivity index (χ2n) is 6.98. The van der Waals surface area contributed by atoms with Crippen molar-refractivity contribution in [3.63, 3.8) is 0 Å². The van der Waals surface area contributed by atoms with Crippen LogP contribution in [0.1, 0.15) is 52.0 Å². The lowest BCUT2D eigenvalue weighted by Gasteiger charge is -2.08. The molecular formula is C20H19N5O4S. The van der Waals surface area contributed by atoms with Gasteiger partial charge in [0.1, 0.15) is 5.69 Å². The van der Waals surface area contributed by atoms with E-state index in [0.717, 1.165) is 11.3 Å². The van der Waals surface area contributed by atoms with E-state index >= 15 is 0 Å². The van der Waals surface area contributed by atoms with Gasteiger partial charge < -0.3 is 14.2 Å². The van der Waals surface area contributed by atoms with E-state index in [1.165, 1.54) is 18.4 Å². The van der Waals surface area contributed by atoms with Crippen molar-refractivity contribution in [2.75, 3.05) is 12.4 Å². The maximum Gasteiger partial charge on any atom is 0.354 e. The minimum atomic E-state index is -0.461. The number of rotatable bonds is 5. The highest BCUT2D eigenvalue weighted by atomic mass is 32.1. The Morgan fingerprint density at radius 2 is 2.07 bits per heavy atom. The summed E-state index contributed by atoms with van der Waals surface area (Å²) in [6.45, 7) is 5.75. The van der Waals surface area contributed by atoms with Crippen molar-refractivity contribution < 1.29 is 18.8 Å². The first-order chi connectivity index (χ1) is 14.4. The third-order valence-corrected chi connectivity index (χ3v) is 5.34. The number of nitrogens with zero attached hydrogens (tertiary/aromatic N) is 3. The molecule has 0 spiro atoms. The number of thiazole rings is 1. The first-order valence-electron chi connectivity index (χ1n) is 9.18. The molecule has 0 saturated carbocycles. The number of hydrogen-bond donors (Lipinski definition) is 2. The van der Waals surface area contributed by atoms with Gasteiger partial charge in [-0.1, -0.05) is 19.0 Å². The van der Waals surface area contributed by atoms with Crippen LogP contribution in [0.2, 0.25) is 0 Å². The number of hydrogen-bond acceptors (Lipinski definition) is 8. The van der Waals surface area contributed by atoms with E-state index in [4.69, 9.17) is 9.26 Å². The Morgan fingerprint density at radius 3 is 2.80 bits per heavy atom. The summed E-state index contributed by atoms with van der Waals surface area (Å²) in [5.74, 6) is -0.659. The summed E-state index contributed by atoms with van der Waals surface area (Å²) in [6, 6.07) is 3.41. The zero-order chi connectivity index (χ0) is 21.4. The van der Waals surface area contributed by atoms with Crippen LogP contribution in [-0.2, 0) is 4.74 Å². The molecule has 4 aromatic heterocycles. The summed E-state index contributed by atoms with van der Waals surface area (Å²) in [6.07, 6.45) is 1.66. The standard InChI is InChI=1S/C20H19N5O4S/c1-9(2)13-6-12(16-10(3)25-29-18(16)22-13)17(26)24-20-23-15(8-30-20)11-5-14(21-7-11)19(27)28-4/h5-9,21H,1-4H3,(H,23,24,26). The summed E-state index contributed by atoms with van der Waals surface area (Å²) >= 11 is 1.29. The zero-order valence-corrected chi connectivity index (χ0v) is 17.6. The Hall–Kier alpha value is -3.53. The smallest absolute Gasteiger partial charge is 0.354 e. The van der Waals surface area contributed by atoms with Gasteiger partial charge in [-0.05, 0) is 25.0 Å². The number of aryl methyl sites for hydroxylation is 1. The van der Waals surface area contributed by atoms with Gasteiger partial charge in [0.05, 0.1) is 29.4 Å². The minimum Gasteiger partial charge on any atom is -0.464 e. The molecule has 1 amide bonds. The molecule has 0 radical (unpaired) electrons. The molecule has 154 valence electrons. The summed E-state index contributed by atoms with van der Waals surface area (Å²) in [5, 5.41) is 9.59. The maximum atomic E-state index is 13.0. The van der Waals surface area contributed by atoms with Crippen LogP contribution < -0.4 is 5.32 Å². The fourth-order valence-corrected chi connectivity index (χ4v) is 3.70. The van der Waals surface area contributed by atoms with Crippen LogP contribution in [0.4, 0.5) is 5.13 Å². The van der Waals surface area contributed by atoms with Gasteiger partial charge in [0.15, 0.2) is 5.13 Å². The summed E-state index contributed by atoms with van der Waals surface area (Å²) in [7, 11) is 1.32. The van der Waals surface area contributed by atoms with E-state index in [-0.39, 0.29) is 11.8 Å². The largest absolute Gasteiger partial charge is 0.464 e. The molecule has 0 aliphatic carbocycles. The summed E-state index contributed by atoms with van der Waals surface area (Å²) < 4.78 is 9.97. The molecule has 0 aromatic carbocycles. The Morgan fingerprint density at radius 1 is 1.27 bits per heavy atom. The number of nitrogens with one attached hydrogen (secondary N) is 2. The Bertz CT molecular complexity index is 1250. The monoisotopic (exact) mass is 425 g/mol. The van der Waals surface area contributed by atoms with Crippen molar-refractivity contribution in [2.45, 2.75) is 26.7 Å². The number of aromatic amines is 1.